The summed E-state index contributed by atoms with van der Waals surface area (Å²) in [7, 11) is 1.89. The number of carbonyl (C=O) groups excluding carboxylic acids is 1. The van der Waals surface area contributed by atoms with E-state index >= 15 is 0 Å². The van der Waals surface area contributed by atoms with Crippen LogP contribution >= 0.6 is 23.4 Å². The van der Waals surface area contributed by atoms with E-state index in [2.05, 4.69) is 22.3 Å². The SMILES string of the molecule is Cn1c(COc2ccc3c(c2)CCCC3)nnc1SCC(=O)c1ccc(Cl)cc1. The van der Waals surface area contributed by atoms with Gasteiger partial charge in [0.15, 0.2) is 16.8 Å². The molecule has 1 aromatic heterocycles. The Hall–Kier alpha value is -2.31. The van der Waals surface area contributed by atoms with Crippen LogP contribution in [0.25, 0.3) is 0 Å². The second-order valence-corrected chi connectivity index (χ2v) is 8.48. The zero-order valence-electron chi connectivity index (χ0n) is 16.2. The first-order valence-corrected chi connectivity index (χ1v) is 11.0. The highest BCUT2D eigenvalue weighted by molar-refractivity contribution is 7.99. The molecule has 0 radical (unpaired) electrons. The molecular formula is C22H22ClN3O2S. The molecule has 5 nitrogen and oxygen atoms in total. The van der Waals surface area contributed by atoms with Gasteiger partial charge in [-0.3, -0.25) is 4.79 Å². The van der Waals surface area contributed by atoms with E-state index < -0.39 is 0 Å². The summed E-state index contributed by atoms with van der Waals surface area (Å²) in [6.07, 6.45) is 4.80. The van der Waals surface area contributed by atoms with Gasteiger partial charge in [-0.25, -0.2) is 0 Å². The molecule has 150 valence electrons. The molecule has 0 saturated carbocycles. The summed E-state index contributed by atoms with van der Waals surface area (Å²) in [6, 6.07) is 13.3. The van der Waals surface area contributed by atoms with Gasteiger partial charge in [0.2, 0.25) is 0 Å². The van der Waals surface area contributed by atoms with Crippen LogP contribution in [0.5, 0.6) is 5.75 Å². The van der Waals surface area contributed by atoms with Crippen molar-refractivity contribution >= 4 is 29.1 Å². The van der Waals surface area contributed by atoms with E-state index in [-0.39, 0.29) is 5.78 Å². The fraction of sp³-hybridized carbons (Fsp3) is 0.318. The highest BCUT2D eigenvalue weighted by atomic mass is 35.5. The molecular weight excluding hydrogens is 406 g/mol. The van der Waals surface area contributed by atoms with Crippen molar-refractivity contribution < 1.29 is 9.53 Å². The molecule has 0 saturated heterocycles. The molecule has 4 rings (SSSR count). The number of benzene rings is 2. The third-order valence-corrected chi connectivity index (χ3v) is 6.38. The van der Waals surface area contributed by atoms with E-state index in [0.29, 0.717) is 28.1 Å². The standard InChI is InChI=1S/C22H22ClN3O2S/c1-26-21(13-28-19-11-8-15-4-2-3-5-17(15)12-19)24-25-22(26)29-14-20(27)16-6-9-18(23)10-7-16/h6-12H,2-5,13-14H2,1H3. The first-order chi connectivity index (χ1) is 14.1. The van der Waals surface area contributed by atoms with Gasteiger partial charge in [-0.2, -0.15) is 0 Å². The molecule has 3 aromatic rings. The van der Waals surface area contributed by atoms with Gasteiger partial charge in [0.25, 0.3) is 0 Å². The number of rotatable bonds is 7. The minimum atomic E-state index is 0.0292. The summed E-state index contributed by atoms with van der Waals surface area (Å²) in [5.74, 6) is 1.91. The number of ketones is 1. The highest BCUT2D eigenvalue weighted by Crippen LogP contribution is 2.26. The molecule has 0 spiro atoms. The quantitative estimate of drug-likeness (QED) is 0.396. The Morgan fingerprint density at radius 1 is 1.10 bits per heavy atom. The van der Waals surface area contributed by atoms with Crippen LogP contribution < -0.4 is 4.74 Å². The van der Waals surface area contributed by atoms with Crippen LogP contribution in [0.4, 0.5) is 0 Å². The monoisotopic (exact) mass is 427 g/mol. The number of halogens is 1. The second kappa shape index (κ2) is 9.01. The number of Topliss-reactive ketones (excluding diaryl/α,β-unsaturated/α-hetero) is 1. The lowest BCUT2D eigenvalue weighted by Gasteiger charge is -2.16. The van der Waals surface area contributed by atoms with Crippen LogP contribution in [0.15, 0.2) is 47.6 Å². The predicted octanol–water partition coefficient (Wildman–Crippen LogP) is 4.90. The Morgan fingerprint density at radius 3 is 2.66 bits per heavy atom. The summed E-state index contributed by atoms with van der Waals surface area (Å²) in [4.78, 5) is 12.3. The van der Waals surface area contributed by atoms with Crippen molar-refractivity contribution in [2.45, 2.75) is 37.4 Å². The van der Waals surface area contributed by atoms with E-state index in [1.54, 1.807) is 24.3 Å². The molecule has 0 aliphatic heterocycles. The molecule has 0 fully saturated rings. The number of ether oxygens (including phenoxy) is 1. The van der Waals surface area contributed by atoms with Gasteiger partial charge in [0.1, 0.15) is 12.4 Å². The maximum Gasteiger partial charge on any atom is 0.191 e. The van der Waals surface area contributed by atoms with Gasteiger partial charge in [-0.15, -0.1) is 10.2 Å². The molecule has 2 aromatic carbocycles. The van der Waals surface area contributed by atoms with E-state index in [4.69, 9.17) is 16.3 Å². The number of thioether (sulfide) groups is 1. The number of hydrogen-bond acceptors (Lipinski definition) is 5. The summed E-state index contributed by atoms with van der Waals surface area (Å²) >= 11 is 7.24. The van der Waals surface area contributed by atoms with Crippen molar-refractivity contribution in [2.24, 2.45) is 7.05 Å². The number of nitrogens with zero attached hydrogens (tertiary/aromatic N) is 3. The summed E-state index contributed by atoms with van der Waals surface area (Å²) < 4.78 is 7.82. The predicted molar refractivity (Wildman–Crippen MR) is 115 cm³/mol. The summed E-state index contributed by atoms with van der Waals surface area (Å²) in [6.45, 7) is 0.341. The molecule has 7 heteroatoms. The fourth-order valence-corrected chi connectivity index (χ4v) is 4.34. The largest absolute Gasteiger partial charge is 0.486 e. The van der Waals surface area contributed by atoms with Crippen molar-refractivity contribution in [3.63, 3.8) is 0 Å². The van der Waals surface area contributed by atoms with Crippen LogP contribution in [0.1, 0.15) is 40.2 Å². The summed E-state index contributed by atoms with van der Waals surface area (Å²) in [5.41, 5.74) is 3.47. The van der Waals surface area contributed by atoms with E-state index in [9.17, 15) is 4.79 Å². The van der Waals surface area contributed by atoms with Crippen LogP contribution in [0, 0.1) is 0 Å². The third-order valence-electron chi connectivity index (χ3n) is 5.11. The molecule has 0 unspecified atom stereocenters. The van der Waals surface area contributed by atoms with Gasteiger partial charge < -0.3 is 9.30 Å². The highest BCUT2D eigenvalue weighted by Gasteiger charge is 2.14. The molecule has 1 aliphatic rings. The van der Waals surface area contributed by atoms with Crippen molar-refractivity contribution in [3.8, 4) is 5.75 Å². The average Bonchev–Trinajstić information content (AvgIpc) is 3.10. The van der Waals surface area contributed by atoms with Crippen molar-refractivity contribution in [1.29, 1.82) is 0 Å². The fourth-order valence-electron chi connectivity index (χ4n) is 3.39. The zero-order valence-corrected chi connectivity index (χ0v) is 17.8. The molecule has 0 amide bonds. The maximum absolute atomic E-state index is 12.3. The number of aromatic nitrogens is 3. The number of fused-ring (bicyclic) bond motifs is 1. The lowest BCUT2D eigenvalue weighted by molar-refractivity contribution is 0.102. The normalized spacial score (nSPS) is 13.2. The Kier molecular flexibility index (Phi) is 6.21. The topological polar surface area (TPSA) is 57.0 Å². The van der Waals surface area contributed by atoms with Gasteiger partial charge in [-0.1, -0.05) is 29.4 Å². The van der Waals surface area contributed by atoms with Crippen molar-refractivity contribution in [3.05, 3.63) is 70.0 Å². The Morgan fingerprint density at radius 2 is 1.86 bits per heavy atom. The molecule has 29 heavy (non-hydrogen) atoms. The van der Waals surface area contributed by atoms with Crippen molar-refractivity contribution in [1.82, 2.24) is 14.8 Å². The average molecular weight is 428 g/mol. The lowest BCUT2D eigenvalue weighted by Crippen LogP contribution is -2.07. The molecule has 0 bridgehead atoms. The van der Waals surface area contributed by atoms with Gasteiger partial charge >= 0.3 is 0 Å². The number of aryl methyl sites for hydroxylation is 2. The Labute approximate surface area is 179 Å². The van der Waals surface area contributed by atoms with Gasteiger partial charge in [-0.05, 0) is 73.2 Å². The third kappa shape index (κ3) is 4.82. The van der Waals surface area contributed by atoms with E-state index in [1.807, 2.05) is 17.7 Å². The lowest BCUT2D eigenvalue weighted by atomic mass is 9.92. The summed E-state index contributed by atoms with van der Waals surface area (Å²) in [5, 5.41) is 9.73. The number of carbonyl (C=O) groups is 1. The maximum atomic E-state index is 12.3. The van der Waals surface area contributed by atoms with E-state index in [0.717, 1.165) is 24.4 Å². The van der Waals surface area contributed by atoms with Crippen LogP contribution in [0.2, 0.25) is 5.02 Å². The first kappa shape index (κ1) is 20.0. The van der Waals surface area contributed by atoms with Gasteiger partial charge in [0, 0.05) is 17.6 Å². The molecule has 0 N–H and O–H groups in total. The van der Waals surface area contributed by atoms with Crippen LogP contribution in [0.3, 0.4) is 0 Å². The van der Waals surface area contributed by atoms with E-state index in [1.165, 1.54) is 35.7 Å². The van der Waals surface area contributed by atoms with Crippen LogP contribution in [-0.4, -0.2) is 26.3 Å². The first-order valence-electron chi connectivity index (χ1n) is 9.64. The molecule has 1 aliphatic carbocycles. The van der Waals surface area contributed by atoms with Gasteiger partial charge in [0.05, 0.1) is 5.75 Å². The molecule has 0 atom stereocenters. The van der Waals surface area contributed by atoms with Crippen molar-refractivity contribution in [2.75, 3.05) is 5.75 Å². The zero-order chi connectivity index (χ0) is 20.2. The second-order valence-electron chi connectivity index (χ2n) is 7.10. The minimum absolute atomic E-state index is 0.0292. The smallest absolute Gasteiger partial charge is 0.191 e. The Balaban J connectivity index is 1.34. The minimum Gasteiger partial charge on any atom is -0.486 e. The molecule has 1 heterocycles. The number of hydrogen-bond donors (Lipinski definition) is 0. The van der Waals surface area contributed by atoms with Crippen LogP contribution in [-0.2, 0) is 26.5 Å². The Bertz CT molecular complexity index is 1020.